The van der Waals surface area contributed by atoms with E-state index in [9.17, 15) is 9.59 Å². The van der Waals surface area contributed by atoms with Gasteiger partial charge in [0.05, 0.1) is 5.69 Å². The van der Waals surface area contributed by atoms with E-state index in [4.69, 9.17) is 16.3 Å². The molecule has 20 heavy (non-hydrogen) atoms. The summed E-state index contributed by atoms with van der Waals surface area (Å²) in [5, 5.41) is 5.88. The van der Waals surface area contributed by atoms with E-state index in [0.29, 0.717) is 16.5 Å². The van der Waals surface area contributed by atoms with Crippen LogP contribution in [0.5, 0.6) is 5.75 Å². The monoisotopic (exact) mass is 296 g/mol. The lowest BCUT2D eigenvalue weighted by Gasteiger charge is -2.35. The van der Waals surface area contributed by atoms with Gasteiger partial charge in [0.1, 0.15) is 5.75 Å². The predicted octanol–water partition coefficient (Wildman–Crippen LogP) is 2.34. The SMILES string of the molecule is CC(C)(C)NC(=O)C1(C)Oc2ccc(Cl)cc2NC1=O. The fourth-order valence-corrected chi connectivity index (χ4v) is 1.98. The van der Waals surface area contributed by atoms with Crippen LogP contribution in [-0.4, -0.2) is 23.0 Å². The summed E-state index contributed by atoms with van der Waals surface area (Å²) in [7, 11) is 0. The number of nitrogens with one attached hydrogen (secondary N) is 2. The normalized spacial score (nSPS) is 21.6. The van der Waals surface area contributed by atoms with Crippen molar-refractivity contribution in [1.82, 2.24) is 5.32 Å². The summed E-state index contributed by atoms with van der Waals surface area (Å²) in [6.45, 7) is 6.95. The van der Waals surface area contributed by atoms with Gasteiger partial charge in [0, 0.05) is 10.6 Å². The lowest BCUT2D eigenvalue weighted by atomic mass is 9.99. The predicted molar refractivity (Wildman–Crippen MR) is 77.0 cm³/mol. The molecule has 2 N–H and O–H groups in total. The highest BCUT2D eigenvalue weighted by atomic mass is 35.5. The fraction of sp³-hybridized carbons (Fsp3) is 0.429. The van der Waals surface area contributed by atoms with Gasteiger partial charge in [-0.1, -0.05) is 11.6 Å². The Hall–Kier alpha value is -1.75. The third kappa shape index (κ3) is 2.72. The summed E-state index contributed by atoms with van der Waals surface area (Å²) in [6, 6.07) is 4.84. The largest absolute Gasteiger partial charge is 0.466 e. The molecule has 2 rings (SSSR count). The van der Waals surface area contributed by atoms with Crippen LogP contribution in [-0.2, 0) is 9.59 Å². The van der Waals surface area contributed by atoms with Crippen LogP contribution in [0.25, 0.3) is 0 Å². The van der Waals surface area contributed by atoms with E-state index in [-0.39, 0.29) is 0 Å². The highest BCUT2D eigenvalue weighted by molar-refractivity contribution is 6.31. The number of halogens is 1. The second-order valence-corrected chi connectivity index (χ2v) is 6.37. The molecule has 0 spiro atoms. The standard InChI is InChI=1S/C14H17ClN2O3/c1-13(2,3)17-12(19)14(4)11(18)16-9-7-8(15)5-6-10(9)20-14/h5-7H,1-4H3,(H,16,18)(H,17,19). The molecule has 1 heterocycles. The number of hydrogen-bond acceptors (Lipinski definition) is 3. The Bertz CT molecular complexity index is 580. The topological polar surface area (TPSA) is 67.4 Å². The van der Waals surface area contributed by atoms with Gasteiger partial charge in [-0.05, 0) is 45.9 Å². The highest BCUT2D eigenvalue weighted by Gasteiger charge is 2.48. The lowest BCUT2D eigenvalue weighted by molar-refractivity contribution is -0.147. The summed E-state index contributed by atoms with van der Waals surface area (Å²) in [4.78, 5) is 24.5. The minimum Gasteiger partial charge on any atom is -0.466 e. The molecule has 0 radical (unpaired) electrons. The molecule has 0 saturated heterocycles. The number of rotatable bonds is 1. The molecule has 0 aromatic heterocycles. The molecule has 1 aromatic rings. The molecule has 0 aliphatic carbocycles. The number of carbonyl (C=O) groups excluding carboxylic acids is 2. The van der Waals surface area contributed by atoms with E-state index in [0.717, 1.165) is 0 Å². The van der Waals surface area contributed by atoms with E-state index in [1.807, 2.05) is 20.8 Å². The number of anilines is 1. The Morgan fingerprint density at radius 3 is 2.65 bits per heavy atom. The maximum atomic E-state index is 12.3. The Kier molecular flexibility index (Phi) is 3.42. The van der Waals surface area contributed by atoms with E-state index in [2.05, 4.69) is 10.6 Å². The van der Waals surface area contributed by atoms with Crippen LogP contribution in [0, 0.1) is 0 Å². The Morgan fingerprint density at radius 1 is 1.40 bits per heavy atom. The minimum atomic E-state index is -1.60. The van der Waals surface area contributed by atoms with Gasteiger partial charge in [-0.3, -0.25) is 9.59 Å². The smallest absolute Gasteiger partial charge is 0.278 e. The van der Waals surface area contributed by atoms with Gasteiger partial charge in [-0.15, -0.1) is 0 Å². The van der Waals surface area contributed by atoms with E-state index in [1.54, 1.807) is 18.2 Å². The van der Waals surface area contributed by atoms with Gasteiger partial charge in [0.2, 0.25) is 0 Å². The Labute approximate surface area is 122 Å². The zero-order valence-corrected chi connectivity index (χ0v) is 12.6. The molecule has 1 aliphatic rings. The maximum absolute atomic E-state index is 12.3. The summed E-state index contributed by atoms with van der Waals surface area (Å²) in [5.41, 5.74) is -1.60. The zero-order valence-electron chi connectivity index (χ0n) is 11.8. The van der Waals surface area contributed by atoms with Crippen molar-refractivity contribution in [3.8, 4) is 5.75 Å². The van der Waals surface area contributed by atoms with Crippen molar-refractivity contribution < 1.29 is 14.3 Å². The molecule has 2 amide bonds. The first-order valence-corrected chi connectivity index (χ1v) is 6.62. The zero-order chi connectivity index (χ0) is 15.1. The molecule has 1 aromatic carbocycles. The average Bonchev–Trinajstić information content (AvgIpc) is 2.29. The number of carbonyl (C=O) groups is 2. The number of fused-ring (bicyclic) bond motifs is 1. The van der Waals surface area contributed by atoms with Crippen molar-refractivity contribution in [2.75, 3.05) is 5.32 Å². The molecular formula is C14H17ClN2O3. The van der Waals surface area contributed by atoms with Crippen LogP contribution in [0.2, 0.25) is 5.02 Å². The molecule has 108 valence electrons. The van der Waals surface area contributed by atoms with Gasteiger partial charge < -0.3 is 15.4 Å². The first kappa shape index (κ1) is 14.7. The second kappa shape index (κ2) is 4.66. The van der Waals surface area contributed by atoms with Crippen LogP contribution in [0.4, 0.5) is 5.69 Å². The van der Waals surface area contributed by atoms with Gasteiger partial charge >= 0.3 is 0 Å². The van der Waals surface area contributed by atoms with Crippen molar-refractivity contribution in [1.29, 1.82) is 0 Å². The van der Waals surface area contributed by atoms with E-state index in [1.165, 1.54) is 6.92 Å². The first-order valence-electron chi connectivity index (χ1n) is 6.24. The lowest BCUT2D eigenvalue weighted by Crippen LogP contribution is -2.61. The molecular weight excluding hydrogens is 280 g/mol. The van der Waals surface area contributed by atoms with E-state index >= 15 is 0 Å². The number of hydrogen-bond donors (Lipinski definition) is 2. The molecule has 0 bridgehead atoms. The fourth-order valence-electron chi connectivity index (χ4n) is 1.81. The van der Waals surface area contributed by atoms with Crippen molar-refractivity contribution in [2.24, 2.45) is 0 Å². The average molecular weight is 297 g/mol. The van der Waals surface area contributed by atoms with Crippen molar-refractivity contribution in [3.63, 3.8) is 0 Å². The first-order chi connectivity index (χ1) is 9.12. The number of amides is 2. The van der Waals surface area contributed by atoms with Crippen LogP contribution in [0.3, 0.4) is 0 Å². The maximum Gasteiger partial charge on any atom is 0.278 e. The summed E-state index contributed by atoms with van der Waals surface area (Å²) >= 11 is 5.86. The Morgan fingerprint density at radius 2 is 2.05 bits per heavy atom. The third-order valence-electron chi connectivity index (χ3n) is 2.86. The third-order valence-corrected chi connectivity index (χ3v) is 3.09. The molecule has 1 aliphatic heterocycles. The number of benzene rings is 1. The van der Waals surface area contributed by atoms with E-state index < -0.39 is 23.0 Å². The summed E-state index contributed by atoms with van der Waals surface area (Å²) < 4.78 is 5.61. The van der Waals surface area contributed by atoms with Crippen LogP contribution in [0.1, 0.15) is 27.7 Å². The van der Waals surface area contributed by atoms with Crippen molar-refractivity contribution >= 4 is 29.1 Å². The van der Waals surface area contributed by atoms with Gasteiger partial charge in [0.25, 0.3) is 17.4 Å². The molecule has 0 fully saturated rings. The van der Waals surface area contributed by atoms with Crippen LogP contribution < -0.4 is 15.4 Å². The molecule has 0 saturated carbocycles. The van der Waals surface area contributed by atoms with Crippen LogP contribution in [0.15, 0.2) is 18.2 Å². The molecule has 6 heteroatoms. The Balaban J connectivity index is 2.32. The minimum absolute atomic E-state index is 0.417. The molecule has 1 atom stereocenters. The number of ether oxygens (including phenoxy) is 1. The molecule has 5 nitrogen and oxygen atoms in total. The van der Waals surface area contributed by atoms with Crippen molar-refractivity contribution in [3.05, 3.63) is 23.2 Å². The van der Waals surface area contributed by atoms with Crippen LogP contribution >= 0.6 is 11.6 Å². The summed E-state index contributed by atoms with van der Waals surface area (Å²) in [5.74, 6) is -0.585. The summed E-state index contributed by atoms with van der Waals surface area (Å²) in [6.07, 6.45) is 0. The second-order valence-electron chi connectivity index (χ2n) is 5.93. The van der Waals surface area contributed by atoms with Gasteiger partial charge in [-0.25, -0.2) is 0 Å². The van der Waals surface area contributed by atoms with Crippen molar-refractivity contribution in [2.45, 2.75) is 38.8 Å². The van der Waals surface area contributed by atoms with Gasteiger partial charge in [0.15, 0.2) is 0 Å². The quantitative estimate of drug-likeness (QED) is 0.782. The molecule has 1 unspecified atom stereocenters. The highest BCUT2D eigenvalue weighted by Crippen LogP contribution is 2.35. The van der Waals surface area contributed by atoms with Gasteiger partial charge in [-0.2, -0.15) is 0 Å².